The number of hydrogen-bond donors (Lipinski definition) is 3. The van der Waals surface area contributed by atoms with Gasteiger partial charge in [0.25, 0.3) is 0 Å². The van der Waals surface area contributed by atoms with Gasteiger partial charge in [0.2, 0.25) is 0 Å². The fraction of sp³-hybridized carbons (Fsp3) is 0.800. The van der Waals surface area contributed by atoms with Crippen molar-refractivity contribution in [3.8, 4) is 0 Å². The Morgan fingerprint density at radius 3 is 2.67 bits per heavy atom. The minimum atomic E-state index is -1.10. The first-order valence-corrected chi connectivity index (χ1v) is 9.40. The third-order valence-electron chi connectivity index (χ3n) is 7.94. The van der Waals surface area contributed by atoms with Gasteiger partial charge in [-0.15, -0.1) is 0 Å². The molecular formula is C20H30FNO2. The van der Waals surface area contributed by atoms with Crippen molar-refractivity contribution in [2.75, 3.05) is 7.05 Å². The third kappa shape index (κ3) is 2.06. The van der Waals surface area contributed by atoms with Gasteiger partial charge in [-0.3, -0.25) is 0 Å². The van der Waals surface area contributed by atoms with Crippen molar-refractivity contribution in [2.45, 2.75) is 70.4 Å². The van der Waals surface area contributed by atoms with E-state index in [9.17, 15) is 14.6 Å². The average molecular weight is 335 g/mol. The molecule has 0 amide bonds. The summed E-state index contributed by atoms with van der Waals surface area (Å²) in [5, 5.41) is 24.0. The van der Waals surface area contributed by atoms with Crippen LogP contribution in [0.5, 0.6) is 0 Å². The minimum absolute atomic E-state index is 0.0394. The molecule has 0 heterocycles. The second-order valence-corrected chi connectivity index (χ2v) is 8.99. The van der Waals surface area contributed by atoms with Crippen LogP contribution in [-0.2, 0) is 0 Å². The largest absolute Gasteiger partial charge is 0.391 e. The molecule has 24 heavy (non-hydrogen) atoms. The average Bonchev–Trinajstić information content (AvgIpc) is 2.78. The molecule has 0 aliphatic heterocycles. The maximum atomic E-state index is 14.3. The maximum absolute atomic E-state index is 14.3. The first-order valence-electron chi connectivity index (χ1n) is 9.40. The van der Waals surface area contributed by atoms with E-state index in [0.717, 1.165) is 25.7 Å². The number of fused-ring (bicyclic) bond motifs is 5. The Balaban J connectivity index is 1.72. The monoisotopic (exact) mass is 335 g/mol. The van der Waals surface area contributed by atoms with E-state index in [1.165, 1.54) is 11.1 Å². The summed E-state index contributed by atoms with van der Waals surface area (Å²) in [6.07, 6.45) is 6.10. The van der Waals surface area contributed by atoms with Crippen LogP contribution >= 0.6 is 0 Å². The van der Waals surface area contributed by atoms with Crippen molar-refractivity contribution < 1.29 is 14.6 Å². The van der Waals surface area contributed by atoms with E-state index in [0.29, 0.717) is 12.3 Å². The molecule has 4 heteroatoms. The molecule has 3 fully saturated rings. The van der Waals surface area contributed by atoms with E-state index in [2.05, 4.69) is 31.3 Å². The van der Waals surface area contributed by atoms with Gasteiger partial charge < -0.3 is 15.5 Å². The molecule has 0 saturated heterocycles. The Hall–Kier alpha value is -0.710. The van der Waals surface area contributed by atoms with Crippen LogP contribution < -0.4 is 5.32 Å². The Kier molecular flexibility index (Phi) is 3.76. The molecule has 0 unspecified atom stereocenters. The second kappa shape index (κ2) is 5.39. The van der Waals surface area contributed by atoms with Crippen molar-refractivity contribution >= 4 is 0 Å². The Morgan fingerprint density at radius 1 is 1.21 bits per heavy atom. The molecule has 0 aromatic rings. The molecule has 0 aromatic heterocycles. The van der Waals surface area contributed by atoms with Crippen molar-refractivity contribution in [3.63, 3.8) is 0 Å². The van der Waals surface area contributed by atoms with Crippen LogP contribution in [0.2, 0.25) is 0 Å². The molecule has 0 bridgehead atoms. The standard InChI is InChI=1S/C20H30FNO2/c1-19-7-6-13-12(14(19)9-15(21)18(19)24)5-4-11-8-17(23)16(22-3)10-20(11,13)2/h4-5,13-18,22-24H,6-10H2,1-3H3/t13-,14-,15+,16+,17+,18-,19-,20-/m0/s1. The Labute approximate surface area is 144 Å². The number of nitrogens with one attached hydrogen (secondary N) is 1. The lowest BCUT2D eigenvalue weighted by atomic mass is 9.50. The first kappa shape index (κ1) is 16.7. The molecule has 3 saturated carbocycles. The van der Waals surface area contributed by atoms with Gasteiger partial charge >= 0.3 is 0 Å². The highest BCUT2D eigenvalue weighted by molar-refractivity contribution is 5.39. The molecular weight excluding hydrogens is 305 g/mol. The Bertz CT molecular complexity index is 602. The molecule has 8 atom stereocenters. The number of allylic oxidation sites excluding steroid dienone is 3. The van der Waals surface area contributed by atoms with Crippen molar-refractivity contribution in [2.24, 2.45) is 22.7 Å². The number of aliphatic hydroxyl groups excluding tert-OH is 2. The summed E-state index contributed by atoms with van der Waals surface area (Å²) >= 11 is 0. The lowest BCUT2D eigenvalue weighted by molar-refractivity contribution is -0.0209. The lowest BCUT2D eigenvalue weighted by Gasteiger charge is -2.55. The van der Waals surface area contributed by atoms with Gasteiger partial charge in [0.05, 0.1) is 12.2 Å². The van der Waals surface area contributed by atoms with Gasteiger partial charge in [-0.05, 0) is 56.4 Å². The van der Waals surface area contributed by atoms with Gasteiger partial charge in [-0.2, -0.15) is 0 Å². The number of aliphatic hydroxyl groups is 2. The summed E-state index contributed by atoms with van der Waals surface area (Å²) in [7, 11) is 1.92. The molecule has 0 aromatic carbocycles. The third-order valence-corrected chi connectivity index (χ3v) is 7.94. The highest BCUT2D eigenvalue weighted by Gasteiger charge is 2.59. The highest BCUT2D eigenvalue weighted by atomic mass is 19.1. The summed E-state index contributed by atoms with van der Waals surface area (Å²) in [5.74, 6) is 0.562. The topological polar surface area (TPSA) is 52.5 Å². The summed E-state index contributed by atoms with van der Waals surface area (Å²) in [6, 6.07) is 0.114. The van der Waals surface area contributed by atoms with Crippen molar-refractivity contribution in [1.82, 2.24) is 5.32 Å². The number of likely N-dealkylation sites (N-methyl/N-ethyl adjacent to an activating group) is 1. The quantitative estimate of drug-likeness (QED) is 0.691. The Morgan fingerprint density at radius 2 is 1.96 bits per heavy atom. The molecule has 4 aliphatic rings. The molecule has 0 spiro atoms. The normalized spacial score (nSPS) is 53.6. The molecule has 3 nitrogen and oxygen atoms in total. The number of alkyl halides is 1. The predicted octanol–water partition coefficient (Wildman–Crippen LogP) is 2.74. The van der Waals surface area contributed by atoms with Crippen LogP contribution in [0, 0.1) is 22.7 Å². The summed E-state index contributed by atoms with van der Waals surface area (Å²) in [5.41, 5.74) is 2.41. The van der Waals surface area contributed by atoms with Crippen LogP contribution in [0.4, 0.5) is 4.39 Å². The summed E-state index contributed by atoms with van der Waals surface area (Å²) in [4.78, 5) is 0. The van der Waals surface area contributed by atoms with Crippen molar-refractivity contribution in [3.05, 3.63) is 23.3 Å². The zero-order valence-electron chi connectivity index (χ0n) is 14.9. The van der Waals surface area contributed by atoms with E-state index in [1.54, 1.807) is 0 Å². The molecule has 4 aliphatic carbocycles. The van der Waals surface area contributed by atoms with Gasteiger partial charge in [0.1, 0.15) is 6.17 Å². The molecule has 134 valence electrons. The first-order chi connectivity index (χ1) is 11.3. The highest BCUT2D eigenvalue weighted by Crippen LogP contribution is 2.63. The van der Waals surface area contributed by atoms with E-state index in [1.807, 2.05) is 7.05 Å². The van der Waals surface area contributed by atoms with E-state index in [4.69, 9.17) is 0 Å². The number of hydrogen-bond acceptors (Lipinski definition) is 3. The fourth-order valence-electron chi connectivity index (χ4n) is 6.31. The van der Waals surface area contributed by atoms with E-state index in [-0.39, 0.29) is 28.9 Å². The summed E-state index contributed by atoms with van der Waals surface area (Å²) < 4.78 is 14.3. The fourth-order valence-corrected chi connectivity index (χ4v) is 6.31. The summed E-state index contributed by atoms with van der Waals surface area (Å²) in [6.45, 7) is 4.40. The predicted molar refractivity (Wildman–Crippen MR) is 92.2 cm³/mol. The van der Waals surface area contributed by atoms with Crippen LogP contribution in [0.1, 0.15) is 46.0 Å². The van der Waals surface area contributed by atoms with Gasteiger partial charge in [0, 0.05) is 11.5 Å². The zero-order chi connectivity index (χ0) is 17.3. The molecule has 0 radical (unpaired) electrons. The molecule has 3 N–H and O–H groups in total. The van der Waals surface area contributed by atoms with E-state index < -0.39 is 12.3 Å². The SMILES string of the molecule is CN[C@@H]1C[C@@]2(C)C(=CC=C3[C@@H]4C[C@@H](F)[C@H](O)[C@@]4(C)CC[C@@H]32)C[C@H]1O. The van der Waals surface area contributed by atoms with Gasteiger partial charge in [0.15, 0.2) is 0 Å². The number of rotatable bonds is 1. The van der Waals surface area contributed by atoms with Crippen LogP contribution in [0.15, 0.2) is 23.3 Å². The zero-order valence-corrected chi connectivity index (χ0v) is 14.9. The lowest BCUT2D eigenvalue weighted by Crippen LogP contribution is -2.53. The maximum Gasteiger partial charge on any atom is 0.127 e. The van der Waals surface area contributed by atoms with Gasteiger partial charge in [-0.25, -0.2) is 4.39 Å². The minimum Gasteiger partial charge on any atom is -0.391 e. The van der Waals surface area contributed by atoms with E-state index >= 15 is 0 Å². The van der Waals surface area contributed by atoms with Gasteiger partial charge in [-0.1, -0.05) is 37.1 Å². The molecule has 4 rings (SSSR count). The van der Waals surface area contributed by atoms with Crippen LogP contribution in [-0.4, -0.2) is 41.7 Å². The van der Waals surface area contributed by atoms with Crippen LogP contribution in [0.3, 0.4) is 0 Å². The smallest absolute Gasteiger partial charge is 0.127 e. The van der Waals surface area contributed by atoms with Crippen LogP contribution in [0.25, 0.3) is 0 Å². The number of halogens is 1. The second-order valence-electron chi connectivity index (χ2n) is 8.99. The van der Waals surface area contributed by atoms with Crippen molar-refractivity contribution in [1.29, 1.82) is 0 Å².